The van der Waals surface area contributed by atoms with Gasteiger partial charge in [0.15, 0.2) is 22.5 Å². The van der Waals surface area contributed by atoms with Gasteiger partial charge in [0.25, 0.3) is 0 Å². The van der Waals surface area contributed by atoms with Gasteiger partial charge in [-0.1, -0.05) is 408 Å². The predicted octanol–water partition coefficient (Wildman–Crippen LogP) is 30.9. The van der Waals surface area contributed by atoms with Crippen LogP contribution in [-0.2, 0) is 65.0 Å². The molecule has 3 aliphatic rings. The smallest absolute Gasteiger partial charge is 0.345 e. The van der Waals surface area contributed by atoms with E-state index in [-0.39, 0.29) is 97.9 Å². The first-order valence-corrected chi connectivity index (χ1v) is 49.7. The van der Waals surface area contributed by atoms with Crippen molar-refractivity contribution < 1.29 is 9.05 Å². The Morgan fingerprint density at radius 3 is 1.09 bits per heavy atom. The molecule has 0 saturated heterocycles. The fourth-order valence-corrected chi connectivity index (χ4v) is 16.7. The molecule has 2 N–H and O–H groups in total. The molecule has 13 rings (SSSR count). The first-order valence-electron chi connectivity index (χ1n) is 49.7. The average molecular weight is 1880 g/mol. The molecule has 11 heterocycles. The summed E-state index contributed by atoms with van der Waals surface area (Å²) in [5.74, 6) is 0. The predicted molar refractivity (Wildman–Crippen MR) is 584 cm³/mol. The van der Waals surface area contributed by atoms with Crippen molar-refractivity contribution >= 4 is 44.8 Å². The maximum atomic E-state index is 11.4. The number of nitrogens with zero attached hydrogens (tertiary/aromatic N) is 13. The van der Waals surface area contributed by atoms with Gasteiger partial charge in [-0.2, -0.15) is 5.10 Å². The second kappa shape index (κ2) is 42.2. The Bertz CT molecular complexity index is 5170. The van der Waals surface area contributed by atoms with Gasteiger partial charge < -0.3 is 19.0 Å². The fourth-order valence-electron chi connectivity index (χ4n) is 16.7. The van der Waals surface area contributed by atoms with Crippen LogP contribution in [0.4, 0.5) is 0 Å². The van der Waals surface area contributed by atoms with Crippen molar-refractivity contribution in [3.63, 3.8) is 0 Å². The molecule has 0 saturated carbocycles. The minimum atomic E-state index is -0.270. The number of pyridine rings is 3. The Hall–Kier alpha value is -9.39. The Morgan fingerprint density at radius 1 is 0.321 bits per heavy atom. The van der Waals surface area contributed by atoms with Gasteiger partial charge in [0.1, 0.15) is 18.2 Å². The lowest BCUT2D eigenvalue weighted by atomic mass is 9.74. The standard InChI is InChI=1S/C15H21NO.C14H21N3.C14H20N2O.C13H20N4.C13H21NO.C13H22.C12H20N2O.2C12H21N/c1-14(2,3)11-7-10-9-16-17-13(10)8-12(11)15(4,5)6;1-13(2,3)10-7-12-16-15-9-17(12)8-11(10)14(4,5)6;1-13(2,3)9-7-11-10(8-15-17-11)16-12(9)14(4,5)6;1-12(2,3)9-7-10-15-14-8-17(10)16-11(9)13(4,5)6;1-12(2,3)9-7-11(15)14-8-10(9)13(4,5)6;1-12(2,3)10-8-7-9-11(10)13(4,5)6;1-11(2,3)8-7-13-10(15)14-9(8)12(4,5)6;2*1-11(2,3)9-7-8-13-10(9)12(4,5)6/h2*7-9H,1-6H3;2*7-8H,1-6H3;7-8H,1-6H3,(H,14,15);8-9H,7H2,1-6H3;7H,1-6H3,(H,13,14,15);2*7H,8H2,1-6H3. The van der Waals surface area contributed by atoms with Crippen LogP contribution in [0.1, 0.15) is 447 Å². The van der Waals surface area contributed by atoms with Gasteiger partial charge in [-0.05, 0) is 180 Å². The quantitative estimate of drug-likeness (QED) is 0.144. The first kappa shape index (κ1) is 118. The average Bonchev–Trinajstić information content (AvgIpc) is 1.71. The van der Waals surface area contributed by atoms with Crippen molar-refractivity contribution in [1.82, 2.24) is 64.7 Å². The Labute approximate surface area is 829 Å². The number of hydrogen-bond donors (Lipinski definition) is 2. The van der Waals surface area contributed by atoms with Crippen molar-refractivity contribution in [1.29, 1.82) is 0 Å². The SMILES string of the molecule is CC(C)(C)C1=CCC=C1C(C)(C)C.CC(C)(C)C1=CCN=C1C(C)(C)C.CC(C)(C)C1=CCN=C1C(C)(C)C.CC(C)(C)c1c[nH]c(=O)cc1C(C)(C)C.CC(C)(C)c1cc2cnoc2cc1C(C)(C)C.CC(C)(C)c1cc2nncn2cc1C(C)(C)C.CC(C)(C)c1cc2nncn2nc1C(C)(C)C.CC(C)(C)c1cc2oncc2nc1C(C)(C)C.CC(C)(C)c1cnc(=O)[nH]c1C(C)(C)C. The van der Waals surface area contributed by atoms with Crippen molar-refractivity contribution in [2.45, 2.75) is 445 Å². The molecule has 0 spiro atoms. The van der Waals surface area contributed by atoms with Gasteiger partial charge in [0, 0.05) is 74.2 Å². The third-order valence-electron chi connectivity index (χ3n) is 23.9. The molecule has 19 nitrogen and oxygen atoms in total. The van der Waals surface area contributed by atoms with Gasteiger partial charge in [-0.25, -0.2) is 19.3 Å². The number of rotatable bonds is 0. The third kappa shape index (κ3) is 33.4. The zero-order valence-corrected chi connectivity index (χ0v) is 96.4. The van der Waals surface area contributed by atoms with Crippen LogP contribution >= 0.6 is 0 Å². The van der Waals surface area contributed by atoms with Gasteiger partial charge in [-0.15, -0.1) is 20.4 Å². The molecule has 19 heteroatoms. The van der Waals surface area contributed by atoms with E-state index >= 15 is 0 Å². The van der Waals surface area contributed by atoms with E-state index in [1.165, 1.54) is 61.5 Å². The summed E-state index contributed by atoms with van der Waals surface area (Å²) in [4.78, 5) is 45.9. The number of benzene rings is 1. The van der Waals surface area contributed by atoms with Crippen LogP contribution < -0.4 is 11.2 Å². The highest BCUT2D eigenvalue weighted by Crippen LogP contribution is 2.46. The molecule has 10 aromatic rings. The molecule has 758 valence electrons. The molecule has 137 heavy (non-hydrogen) atoms. The molecule has 9 aromatic heterocycles. The van der Waals surface area contributed by atoms with E-state index in [2.05, 4.69) is 495 Å². The van der Waals surface area contributed by atoms with Crippen LogP contribution in [-0.4, -0.2) is 89.2 Å². The lowest BCUT2D eigenvalue weighted by Gasteiger charge is -2.31. The van der Waals surface area contributed by atoms with Gasteiger partial charge >= 0.3 is 5.69 Å². The van der Waals surface area contributed by atoms with Crippen molar-refractivity contribution in [2.24, 2.45) is 42.5 Å². The number of nitrogens with one attached hydrogen (secondary N) is 2. The van der Waals surface area contributed by atoms with Crippen LogP contribution in [0.3, 0.4) is 0 Å². The van der Waals surface area contributed by atoms with Crippen molar-refractivity contribution in [3.8, 4) is 0 Å². The number of aromatic nitrogens is 13. The Kier molecular flexibility index (Phi) is 36.4. The molecule has 1 aliphatic carbocycles. The van der Waals surface area contributed by atoms with Crippen LogP contribution in [0.25, 0.3) is 33.4 Å². The highest BCUT2D eigenvalue weighted by Gasteiger charge is 2.38. The zero-order valence-electron chi connectivity index (χ0n) is 96.4. The summed E-state index contributed by atoms with van der Waals surface area (Å²) in [6.45, 7) is 121. The normalized spacial score (nSPS) is 14.7. The maximum absolute atomic E-state index is 11.4. The number of aliphatic imine (C=N–C) groups is 2. The molecular formula is C118H187N15O4. The monoisotopic (exact) mass is 1880 g/mol. The lowest BCUT2D eigenvalue weighted by Crippen LogP contribution is -2.28. The first-order chi connectivity index (χ1) is 61.2. The number of fused-ring (bicyclic) bond motifs is 4. The molecule has 2 aliphatic heterocycles. The Morgan fingerprint density at radius 2 is 0.693 bits per heavy atom. The minimum absolute atomic E-state index is 0.000185. The second-order valence-corrected chi connectivity index (χ2v) is 56.3. The lowest BCUT2D eigenvalue weighted by molar-refractivity contribution is 0.449. The largest absolute Gasteiger partial charge is 0.356 e. The van der Waals surface area contributed by atoms with Gasteiger partial charge in [0.05, 0.1) is 36.9 Å². The molecule has 0 bridgehead atoms. The van der Waals surface area contributed by atoms with Crippen LogP contribution in [0.15, 0.2) is 155 Å². The van der Waals surface area contributed by atoms with E-state index in [1.807, 2.05) is 10.6 Å². The van der Waals surface area contributed by atoms with Gasteiger partial charge in [-0.3, -0.25) is 19.2 Å². The highest BCUT2D eigenvalue weighted by atomic mass is 16.5. The molecule has 0 unspecified atom stereocenters. The summed E-state index contributed by atoms with van der Waals surface area (Å²) in [6, 6.07) is 12.4. The van der Waals surface area contributed by atoms with E-state index < -0.39 is 0 Å². The molecular weight excluding hydrogens is 1690 g/mol. The summed E-state index contributed by atoms with van der Waals surface area (Å²) >= 11 is 0. The topological polar surface area (TPSA) is 242 Å². The molecule has 0 amide bonds. The third-order valence-corrected chi connectivity index (χ3v) is 23.9. The zero-order chi connectivity index (χ0) is 106. The fraction of sp³-hybridized carbons (Fsp3) is 0.636. The number of allylic oxidation sites excluding steroid dienone is 6. The molecule has 1 aromatic carbocycles. The van der Waals surface area contributed by atoms with E-state index in [1.54, 1.807) is 53.0 Å². The van der Waals surface area contributed by atoms with Crippen molar-refractivity contribution in [2.75, 3.05) is 13.1 Å². The van der Waals surface area contributed by atoms with E-state index in [9.17, 15) is 9.59 Å². The van der Waals surface area contributed by atoms with Crippen LogP contribution in [0.5, 0.6) is 0 Å². The highest BCUT2D eigenvalue weighted by molar-refractivity contribution is 6.06. The molecule has 0 atom stereocenters. The van der Waals surface area contributed by atoms with Crippen LogP contribution in [0, 0.1) is 32.5 Å². The van der Waals surface area contributed by atoms with E-state index in [0.29, 0.717) is 10.8 Å². The summed E-state index contributed by atoms with van der Waals surface area (Å²) < 4.78 is 14.2. The minimum Gasteiger partial charge on any atom is -0.356 e. The summed E-state index contributed by atoms with van der Waals surface area (Å²) in [6.07, 6.45) is 23.0. The summed E-state index contributed by atoms with van der Waals surface area (Å²) in [5, 5.41) is 29.5. The van der Waals surface area contributed by atoms with E-state index in [0.717, 1.165) is 81.1 Å². The number of aromatic amines is 2. The molecule has 0 fully saturated rings. The number of H-pyrrole nitrogens is 2. The van der Waals surface area contributed by atoms with Gasteiger partial charge in [0.2, 0.25) is 5.56 Å². The number of hydrogen-bond acceptors (Lipinski definition) is 15. The summed E-state index contributed by atoms with van der Waals surface area (Å²) in [7, 11) is 0. The van der Waals surface area contributed by atoms with Crippen LogP contribution in [0.2, 0.25) is 0 Å². The molecule has 0 radical (unpaired) electrons. The van der Waals surface area contributed by atoms with E-state index in [4.69, 9.17) is 14.0 Å². The Balaban J connectivity index is 0.000000273. The van der Waals surface area contributed by atoms with Crippen molar-refractivity contribution in [3.05, 3.63) is 215 Å². The maximum Gasteiger partial charge on any atom is 0.345 e. The second-order valence-electron chi connectivity index (χ2n) is 56.3. The summed E-state index contributed by atoms with van der Waals surface area (Å²) in [5.41, 5.74) is 29.1.